The average molecular weight is 187 g/mol. The molecule has 0 aromatic carbocycles. The summed E-state index contributed by atoms with van der Waals surface area (Å²) < 4.78 is 5.04. The summed E-state index contributed by atoms with van der Waals surface area (Å²) in [6, 6.07) is 0.537. The van der Waals surface area contributed by atoms with Crippen molar-refractivity contribution < 1.29 is 9.84 Å². The highest BCUT2D eigenvalue weighted by Gasteiger charge is 2.21. The third kappa shape index (κ3) is 3.63. The molecule has 1 N–H and O–H groups in total. The number of aliphatic hydroxyl groups excluding tert-OH is 1. The normalized spacial score (nSPS) is 27.5. The quantitative estimate of drug-likeness (QED) is 0.709. The maximum absolute atomic E-state index is 9.48. The molecular weight excluding hydrogens is 166 g/mol. The SMILES string of the molecule is COCCC(C)N1CCC[C@H](O)C1. The third-order valence-corrected chi connectivity index (χ3v) is 2.79. The van der Waals surface area contributed by atoms with Crippen LogP contribution in [0.2, 0.25) is 0 Å². The molecule has 0 aromatic heterocycles. The molecule has 0 spiro atoms. The molecule has 3 heteroatoms. The third-order valence-electron chi connectivity index (χ3n) is 2.79. The molecule has 0 aromatic rings. The van der Waals surface area contributed by atoms with E-state index in [1.165, 1.54) is 0 Å². The van der Waals surface area contributed by atoms with Gasteiger partial charge in [-0.25, -0.2) is 0 Å². The van der Waals surface area contributed by atoms with Crippen molar-refractivity contribution >= 4 is 0 Å². The fraction of sp³-hybridized carbons (Fsp3) is 1.00. The first-order valence-corrected chi connectivity index (χ1v) is 5.15. The molecule has 2 atom stereocenters. The Bertz CT molecular complexity index is 141. The number of ether oxygens (including phenoxy) is 1. The molecule has 78 valence electrons. The first kappa shape index (κ1) is 11.0. The van der Waals surface area contributed by atoms with Gasteiger partial charge in [-0.3, -0.25) is 4.90 Å². The molecule has 13 heavy (non-hydrogen) atoms. The van der Waals surface area contributed by atoms with E-state index in [2.05, 4.69) is 11.8 Å². The number of nitrogens with zero attached hydrogens (tertiary/aromatic N) is 1. The second-order valence-corrected chi connectivity index (χ2v) is 3.92. The van der Waals surface area contributed by atoms with E-state index in [0.29, 0.717) is 6.04 Å². The van der Waals surface area contributed by atoms with Crippen molar-refractivity contribution in [1.82, 2.24) is 4.90 Å². The molecule has 3 nitrogen and oxygen atoms in total. The monoisotopic (exact) mass is 187 g/mol. The molecule has 1 aliphatic rings. The Labute approximate surface area is 80.7 Å². The average Bonchev–Trinajstić information content (AvgIpc) is 2.14. The lowest BCUT2D eigenvalue weighted by Gasteiger charge is -2.34. The molecule has 1 fully saturated rings. The predicted octanol–water partition coefficient (Wildman–Crippen LogP) is 0.868. The Balaban J connectivity index is 2.24. The number of rotatable bonds is 4. The van der Waals surface area contributed by atoms with Gasteiger partial charge in [0.25, 0.3) is 0 Å². The van der Waals surface area contributed by atoms with Crippen molar-refractivity contribution in [2.24, 2.45) is 0 Å². The van der Waals surface area contributed by atoms with Crippen LogP contribution in [-0.4, -0.2) is 49.0 Å². The van der Waals surface area contributed by atoms with Crippen LogP contribution in [0.1, 0.15) is 26.2 Å². The number of β-amino-alcohol motifs (C(OH)–C–C–N with tert-alkyl or cyclic N) is 1. The molecule has 0 amide bonds. The van der Waals surface area contributed by atoms with Gasteiger partial charge in [0.15, 0.2) is 0 Å². The van der Waals surface area contributed by atoms with Gasteiger partial charge in [-0.05, 0) is 32.7 Å². The first-order valence-electron chi connectivity index (χ1n) is 5.15. The zero-order chi connectivity index (χ0) is 9.68. The minimum Gasteiger partial charge on any atom is -0.392 e. The molecule has 0 aliphatic carbocycles. The molecule has 1 rings (SSSR count). The highest BCUT2D eigenvalue weighted by molar-refractivity contribution is 4.76. The van der Waals surface area contributed by atoms with Crippen molar-refractivity contribution in [2.75, 3.05) is 26.8 Å². The Morgan fingerprint density at radius 1 is 1.62 bits per heavy atom. The van der Waals surface area contributed by atoms with Crippen molar-refractivity contribution in [3.05, 3.63) is 0 Å². The maximum Gasteiger partial charge on any atom is 0.0667 e. The Morgan fingerprint density at radius 2 is 2.38 bits per heavy atom. The van der Waals surface area contributed by atoms with Crippen molar-refractivity contribution in [3.8, 4) is 0 Å². The number of piperidine rings is 1. The van der Waals surface area contributed by atoms with Gasteiger partial charge in [0.2, 0.25) is 0 Å². The summed E-state index contributed by atoms with van der Waals surface area (Å²) in [6.07, 6.45) is 3.04. The van der Waals surface area contributed by atoms with Crippen LogP contribution in [0.15, 0.2) is 0 Å². The lowest BCUT2D eigenvalue weighted by Crippen LogP contribution is -2.43. The highest BCUT2D eigenvalue weighted by Crippen LogP contribution is 2.14. The Hall–Kier alpha value is -0.120. The smallest absolute Gasteiger partial charge is 0.0667 e. The van der Waals surface area contributed by atoms with E-state index in [4.69, 9.17) is 4.74 Å². The largest absolute Gasteiger partial charge is 0.392 e. The van der Waals surface area contributed by atoms with Gasteiger partial charge in [0, 0.05) is 26.3 Å². The van der Waals surface area contributed by atoms with Crippen LogP contribution in [0.25, 0.3) is 0 Å². The summed E-state index contributed by atoms with van der Waals surface area (Å²) >= 11 is 0. The fourth-order valence-corrected chi connectivity index (χ4v) is 1.85. The van der Waals surface area contributed by atoms with E-state index < -0.39 is 0 Å². The second-order valence-electron chi connectivity index (χ2n) is 3.92. The van der Waals surface area contributed by atoms with Gasteiger partial charge in [0.1, 0.15) is 0 Å². The van der Waals surface area contributed by atoms with Gasteiger partial charge < -0.3 is 9.84 Å². The molecule has 0 bridgehead atoms. The van der Waals surface area contributed by atoms with Crippen LogP contribution in [0.5, 0.6) is 0 Å². The summed E-state index contributed by atoms with van der Waals surface area (Å²) in [5, 5.41) is 9.48. The first-order chi connectivity index (χ1) is 6.24. The van der Waals surface area contributed by atoms with Gasteiger partial charge in [-0.1, -0.05) is 0 Å². The van der Waals surface area contributed by atoms with Gasteiger partial charge >= 0.3 is 0 Å². The molecule has 1 heterocycles. The Kier molecular flexibility index (Phi) is 4.70. The fourth-order valence-electron chi connectivity index (χ4n) is 1.85. The minimum atomic E-state index is -0.112. The van der Waals surface area contributed by atoms with Gasteiger partial charge in [-0.2, -0.15) is 0 Å². The van der Waals surface area contributed by atoms with Crippen molar-refractivity contribution in [3.63, 3.8) is 0 Å². The minimum absolute atomic E-state index is 0.112. The number of methoxy groups -OCH3 is 1. The van der Waals surface area contributed by atoms with Crippen molar-refractivity contribution in [1.29, 1.82) is 0 Å². The second kappa shape index (κ2) is 5.58. The number of likely N-dealkylation sites (tertiary alicyclic amines) is 1. The zero-order valence-electron chi connectivity index (χ0n) is 8.70. The van der Waals surface area contributed by atoms with Crippen LogP contribution in [0, 0.1) is 0 Å². The van der Waals surface area contributed by atoms with Crippen molar-refractivity contribution in [2.45, 2.75) is 38.3 Å². The van der Waals surface area contributed by atoms with E-state index in [-0.39, 0.29) is 6.10 Å². The van der Waals surface area contributed by atoms with E-state index >= 15 is 0 Å². The summed E-state index contributed by atoms with van der Waals surface area (Å²) in [6.45, 7) is 4.98. The number of aliphatic hydroxyl groups is 1. The van der Waals surface area contributed by atoms with Gasteiger partial charge in [0.05, 0.1) is 6.10 Å². The summed E-state index contributed by atoms with van der Waals surface area (Å²) in [7, 11) is 1.73. The lowest BCUT2D eigenvalue weighted by atomic mass is 10.1. The molecule has 0 radical (unpaired) electrons. The van der Waals surface area contributed by atoms with E-state index in [0.717, 1.165) is 39.0 Å². The summed E-state index contributed by atoms with van der Waals surface area (Å²) in [5.74, 6) is 0. The van der Waals surface area contributed by atoms with Crippen LogP contribution in [-0.2, 0) is 4.74 Å². The lowest BCUT2D eigenvalue weighted by molar-refractivity contribution is 0.0412. The van der Waals surface area contributed by atoms with Crippen LogP contribution in [0.3, 0.4) is 0 Å². The standard InChI is InChI=1S/C10H21NO2/c1-9(5-7-13-2)11-6-3-4-10(12)8-11/h9-10,12H,3-8H2,1-2H3/t9?,10-/m0/s1. The molecule has 1 aliphatic heterocycles. The molecule has 1 unspecified atom stereocenters. The molecular formula is C10H21NO2. The topological polar surface area (TPSA) is 32.7 Å². The van der Waals surface area contributed by atoms with E-state index in [1.54, 1.807) is 7.11 Å². The van der Waals surface area contributed by atoms with Gasteiger partial charge in [-0.15, -0.1) is 0 Å². The van der Waals surface area contributed by atoms with Crippen LogP contribution >= 0.6 is 0 Å². The number of hydrogen-bond acceptors (Lipinski definition) is 3. The van der Waals surface area contributed by atoms with Crippen LogP contribution in [0.4, 0.5) is 0 Å². The predicted molar refractivity (Wildman–Crippen MR) is 52.8 cm³/mol. The summed E-state index contributed by atoms with van der Waals surface area (Å²) in [5.41, 5.74) is 0. The molecule has 1 saturated heterocycles. The Morgan fingerprint density at radius 3 is 3.00 bits per heavy atom. The van der Waals surface area contributed by atoms with E-state index in [9.17, 15) is 5.11 Å². The van der Waals surface area contributed by atoms with E-state index in [1.807, 2.05) is 0 Å². The zero-order valence-corrected chi connectivity index (χ0v) is 8.70. The summed E-state index contributed by atoms with van der Waals surface area (Å²) in [4.78, 5) is 2.35. The number of hydrogen-bond donors (Lipinski definition) is 1. The highest BCUT2D eigenvalue weighted by atomic mass is 16.5. The maximum atomic E-state index is 9.48. The van der Waals surface area contributed by atoms with Crippen LogP contribution < -0.4 is 0 Å². The molecule has 0 saturated carbocycles.